The molecule has 4 heteroatoms. The van der Waals surface area contributed by atoms with Crippen molar-refractivity contribution in [2.45, 2.75) is 32.4 Å². The molecule has 3 N–H and O–H groups in total. The summed E-state index contributed by atoms with van der Waals surface area (Å²) in [7, 11) is 0. The Labute approximate surface area is 90.0 Å². The lowest BCUT2D eigenvalue weighted by molar-refractivity contribution is 0.229. The van der Waals surface area contributed by atoms with E-state index in [1.54, 1.807) is 12.1 Å². The number of aromatic hydroxyl groups is 1. The zero-order valence-electron chi connectivity index (χ0n) is 9.20. The van der Waals surface area contributed by atoms with Gasteiger partial charge in [0.1, 0.15) is 5.75 Å². The van der Waals surface area contributed by atoms with Crippen molar-refractivity contribution in [1.82, 2.24) is 10.3 Å². The molecular weight excluding hydrogens is 192 g/mol. The minimum atomic E-state index is -0.103. The Morgan fingerprint density at radius 1 is 1.40 bits per heavy atom. The Hall–Kier alpha value is -1.13. The molecule has 1 aromatic rings. The van der Waals surface area contributed by atoms with E-state index in [9.17, 15) is 0 Å². The first kappa shape index (κ1) is 11.9. The van der Waals surface area contributed by atoms with E-state index in [1.807, 2.05) is 13.8 Å². The van der Waals surface area contributed by atoms with E-state index in [0.717, 1.165) is 5.69 Å². The fourth-order valence-electron chi connectivity index (χ4n) is 1.22. The van der Waals surface area contributed by atoms with E-state index in [2.05, 4.69) is 10.3 Å². The maximum atomic E-state index is 9.05. The predicted molar refractivity (Wildman–Crippen MR) is 58.5 cm³/mol. The van der Waals surface area contributed by atoms with Crippen molar-refractivity contribution in [3.63, 3.8) is 0 Å². The van der Waals surface area contributed by atoms with Crippen LogP contribution in [0.1, 0.15) is 26.0 Å². The molecule has 1 rings (SSSR count). The maximum absolute atomic E-state index is 9.05. The summed E-state index contributed by atoms with van der Waals surface area (Å²) in [4.78, 5) is 4.07. The average Bonchev–Trinajstić information content (AvgIpc) is 2.17. The van der Waals surface area contributed by atoms with Gasteiger partial charge in [0.15, 0.2) is 0 Å². The first-order chi connectivity index (χ1) is 7.03. The summed E-state index contributed by atoms with van der Waals surface area (Å²) in [5.41, 5.74) is 0.771. The minimum Gasteiger partial charge on any atom is -0.506 e. The minimum absolute atomic E-state index is 0.103. The summed E-state index contributed by atoms with van der Waals surface area (Å²) in [5.74, 6) is 0.174. The number of hydrogen-bond acceptors (Lipinski definition) is 4. The molecule has 0 spiro atoms. The zero-order valence-corrected chi connectivity index (χ0v) is 9.20. The first-order valence-corrected chi connectivity index (χ1v) is 5.03. The Morgan fingerprint density at radius 3 is 2.67 bits per heavy atom. The highest BCUT2D eigenvalue weighted by Crippen LogP contribution is 2.10. The average molecular weight is 210 g/mol. The van der Waals surface area contributed by atoms with E-state index < -0.39 is 0 Å². The lowest BCUT2D eigenvalue weighted by Crippen LogP contribution is -2.39. The van der Waals surface area contributed by atoms with Gasteiger partial charge in [-0.3, -0.25) is 4.98 Å². The van der Waals surface area contributed by atoms with Gasteiger partial charge >= 0.3 is 0 Å². The van der Waals surface area contributed by atoms with Crippen molar-refractivity contribution in [1.29, 1.82) is 0 Å². The molecular formula is C11H18N2O2. The van der Waals surface area contributed by atoms with Crippen LogP contribution in [-0.2, 0) is 6.54 Å². The van der Waals surface area contributed by atoms with Gasteiger partial charge in [0.25, 0.3) is 0 Å². The van der Waals surface area contributed by atoms with Crippen LogP contribution in [0.25, 0.3) is 0 Å². The van der Waals surface area contributed by atoms with Gasteiger partial charge in [0.05, 0.1) is 11.9 Å². The largest absolute Gasteiger partial charge is 0.506 e. The molecule has 4 nitrogen and oxygen atoms in total. The lowest BCUT2D eigenvalue weighted by atomic mass is 10.0. The molecule has 0 atom stereocenters. The third kappa shape index (κ3) is 4.27. The number of nitrogens with zero attached hydrogens (tertiary/aromatic N) is 1. The molecule has 84 valence electrons. The molecule has 0 aliphatic rings. The van der Waals surface area contributed by atoms with Gasteiger partial charge in [-0.1, -0.05) is 0 Å². The molecule has 0 bridgehead atoms. The summed E-state index contributed by atoms with van der Waals surface area (Å²) in [6.07, 6.45) is 2.13. The SMILES string of the molecule is CC(C)(CCO)NCc1ccc(O)cn1. The predicted octanol–water partition coefficient (Wildman–Crippen LogP) is 1.04. The number of aliphatic hydroxyl groups is 1. The molecule has 15 heavy (non-hydrogen) atoms. The maximum Gasteiger partial charge on any atom is 0.133 e. The second kappa shape index (κ2) is 5.09. The Bertz CT molecular complexity index is 296. The van der Waals surface area contributed by atoms with E-state index >= 15 is 0 Å². The molecule has 0 amide bonds. The van der Waals surface area contributed by atoms with Crippen LogP contribution in [0.2, 0.25) is 0 Å². The van der Waals surface area contributed by atoms with E-state index in [4.69, 9.17) is 10.2 Å². The van der Waals surface area contributed by atoms with Gasteiger partial charge in [-0.05, 0) is 32.4 Å². The van der Waals surface area contributed by atoms with Gasteiger partial charge in [-0.25, -0.2) is 0 Å². The molecule has 0 aliphatic heterocycles. The molecule has 0 aromatic carbocycles. The molecule has 0 saturated heterocycles. The monoisotopic (exact) mass is 210 g/mol. The normalized spacial score (nSPS) is 11.7. The van der Waals surface area contributed by atoms with Crippen molar-refractivity contribution < 1.29 is 10.2 Å². The van der Waals surface area contributed by atoms with Crippen LogP contribution in [0, 0.1) is 0 Å². The molecule has 0 aliphatic carbocycles. The second-order valence-electron chi connectivity index (χ2n) is 4.22. The zero-order chi connectivity index (χ0) is 11.3. The summed E-state index contributed by atoms with van der Waals surface area (Å²) >= 11 is 0. The molecule has 1 aromatic heterocycles. The van der Waals surface area contributed by atoms with E-state index in [-0.39, 0.29) is 17.9 Å². The second-order valence-corrected chi connectivity index (χ2v) is 4.22. The molecule has 0 saturated carbocycles. The highest BCUT2D eigenvalue weighted by atomic mass is 16.3. The highest BCUT2D eigenvalue weighted by molar-refractivity contribution is 5.17. The third-order valence-electron chi connectivity index (χ3n) is 2.29. The van der Waals surface area contributed by atoms with Crippen LogP contribution in [0.3, 0.4) is 0 Å². The van der Waals surface area contributed by atoms with Gasteiger partial charge in [-0.2, -0.15) is 0 Å². The Kier molecular flexibility index (Phi) is 4.05. The van der Waals surface area contributed by atoms with Crippen LogP contribution in [0.5, 0.6) is 5.75 Å². The van der Waals surface area contributed by atoms with Crippen LogP contribution < -0.4 is 5.32 Å². The lowest BCUT2D eigenvalue weighted by Gasteiger charge is -2.25. The van der Waals surface area contributed by atoms with Gasteiger partial charge < -0.3 is 15.5 Å². The summed E-state index contributed by atoms with van der Waals surface area (Å²) in [6, 6.07) is 3.39. The van der Waals surface area contributed by atoms with E-state index in [1.165, 1.54) is 6.20 Å². The fraction of sp³-hybridized carbons (Fsp3) is 0.545. The number of hydrogen-bond donors (Lipinski definition) is 3. The first-order valence-electron chi connectivity index (χ1n) is 5.03. The van der Waals surface area contributed by atoms with Crippen LogP contribution >= 0.6 is 0 Å². The van der Waals surface area contributed by atoms with Crippen LogP contribution in [-0.4, -0.2) is 27.3 Å². The number of pyridine rings is 1. The Balaban J connectivity index is 2.46. The van der Waals surface area contributed by atoms with Crippen molar-refractivity contribution in [2.24, 2.45) is 0 Å². The summed E-state index contributed by atoms with van der Waals surface area (Å²) in [5, 5.41) is 21.2. The smallest absolute Gasteiger partial charge is 0.133 e. The number of aliphatic hydroxyl groups excluding tert-OH is 1. The van der Waals surface area contributed by atoms with Crippen molar-refractivity contribution in [3.8, 4) is 5.75 Å². The van der Waals surface area contributed by atoms with Crippen molar-refractivity contribution in [3.05, 3.63) is 24.0 Å². The van der Waals surface area contributed by atoms with Gasteiger partial charge in [0, 0.05) is 18.7 Å². The molecule has 1 heterocycles. The fourth-order valence-corrected chi connectivity index (χ4v) is 1.22. The van der Waals surface area contributed by atoms with Crippen molar-refractivity contribution >= 4 is 0 Å². The summed E-state index contributed by atoms with van der Waals surface area (Å²) in [6.45, 7) is 4.86. The third-order valence-corrected chi connectivity index (χ3v) is 2.29. The Morgan fingerprint density at radius 2 is 2.13 bits per heavy atom. The highest BCUT2D eigenvalue weighted by Gasteiger charge is 2.15. The molecule has 0 fully saturated rings. The van der Waals surface area contributed by atoms with Gasteiger partial charge in [-0.15, -0.1) is 0 Å². The van der Waals surface area contributed by atoms with Crippen LogP contribution in [0.15, 0.2) is 18.3 Å². The molecule has 0 radical (unpaired) electrons. The number of nitrogens with one attached hydrogen (secondary N) is 1. The number of rotatable bonds is 5. The van der Waals surface area contributed by atoms with Crippen molar-refractivity contribution in [2.75, 3.05) is 6.61 Å². The summed E-state index contributed by atoms with van der Waals surface area (Å²) < 4.78 is 0. The van der Waals surface area contributed by atoms with Crippen LogP contribution in [0.4, 0.5) is 0 Å². The number of aromatic nitrogens is 1. The van der Waals surface area contributed by atoms with Gasteiger partial charge in [0.2, 0.25) is 0 Å². The standard InChI is InChI=1S/C11H18N2O2/c1-11(2,5-6-14)13-7-9-3-4-10(15)8-12-9/h3-4,8,13-15H,5-7H2,1-2H3. The molecule has 0 unspecified atom stereocenters. The quantitative estimate of drug-likeness (QED) is 0.679. The van der Waals surface area contributed by atoms with E-state index in [0.29, 0.717) is 13.0 Å². The topological polar surface area (TPSA) is 65.4 Å².